The van der Waals surface area contributed by atoms with Crippen molar-refractivity contribution in [2.45, 2.75) is 31.1 Å². The van der Waals surface area contributed by atoms with Crippen LogP contribution in [0.3, 0.4) is 0 Å². The number of para-hydroxylation sites is 1. The van der Waals surface area contributed by atoms with E-state index in [4.69, 9.17) is 4.74 Å². The van der Waals surface area contributed by atoms with Crippen LogP contribution in [-0.4, -0.2) is 6.61 Å². The second-order valence-corrected chi connectivity index (χ2v) is 6.23. The molecule has 5 heteroatoms. The van der Waals surface area contributed by atoms with Gasteiger partial charge < -0.3 is 24.8 Å². The summed E-state index contributed by atoms with van der Waals surface area (Å²) in [6, 6.07) is 8.31. The summed E-state index contributed by atoms with van der Waals surface area (Å²) in [5, 5.41) is 0. The first-order valence-corrected chi connectivity index (χ1v) is 7.92. The molecule has 0 aliphatic heterocycles. The van der Waals surface area contributed by atoms with E-state index in [0.29, 0.717) is 0 Å². The smallest absolute Gasteiger partial charge is 1.00 e. The predicted molar refractivity (Wildman–Crippen MR) is 73.5 cm³/mol. The third-order valence-corrected chi connectivity index (χ3v) is 4.90. The van der Waals surface area contributed by atoms with Crippen LogP contribution in [0.2, 0.25) is 0 Å². The molecular formula is C15H17Cl2OSTi. The van der Waals surface area contributed by atoms with Gasteiger partial charge in [0.1, 0.15) is 0 Å². The quantitative estimate of drug-likeness (QED) is 0.458. The van der Waals surface area contributed by atoms with Crippen molar-refractivity contribution in [3.63, 3.8) is 0 Å². The molecule has 0 saturated heterocycles. The summed E-state index contributed by atoms with van der Waals surface area (Å²) in [7, 11) is 0. The first-order chi connectivity index (χ1) is 8.81. The zero-order valence-corrected chi connectivity index (χ0v) is 15.3. The Balaban J connectivity index is 0.00000180. The normalized spacial score (nSPS) is 12.9. The molecule has 0 radical (unpaired) electrons. The molecule has 2 rings (SSSR count). The first-order valence-electron chi connectivity index (χ1n) is 6.32. The molecule has 0 bridgehead atoms. The van der Waals surface area contributed by atoms with Gasteiger partial charge in [0.15, 0.2) is 0 Å². The third kappa shape index (κ3) is 5.87. The molecule has 20 heavy (non-hydrogen) atoms. The fraction of sp³-hybridized carbons (Fsp3) is 0.333. The standard InChI is InChI=1S/C15H17OS.2ClH.Ti/c1-2-3-12-16-14-10-6-7-11-15(14)17-13-8-4-5-9-13;;;/h4,6-8,10-11H,2-3,5,12H2,1H3;2*1H;/q;;;+2/p-2. The van der Waals surface area contributed by atoms with Crippen molar-refractivity contribution in [3.05, 3.63) is 45.2 Å². The summed E-state index contributed by atoms with van der Waals surface area (Å²) >= 11 is 4.01. The fourth-order valence-electron chi connectivity index (χ4n) is 1.68. The number of allylic oxidation sites excluding steroid dienone is 3. The van der Waals surface area contributed by atoms with Crippen molar-refractivity contribution < 1.29 is 50.0 Å². The molecule has 0 spiro atoms. The molecule has 1 aliphatic carbocycles. The van der Waals surface area contributed by atoms with Gasteiger partial charge in [0.2, 0.25) is 0 Å². The molecule has 0 N–H and O–H groups in total. The minimum absolute atomic E-state index is 0. The van der Waals surface area contributed by atoms with Gasteiger partial charge in [-0.3, -0.25) is 0 Å². The van der Waals surface area contributed by atoms with Gasteiger partial charge in [-0.05, 0) is 0 Å². The maximum atomic E-state index is 5.86. The van der Waals surface area contributed by atoms with Gasteiger partial charge in [0.25, 0.3) is 0 Å². The second kappa shape index (κ2) is 10.8. The monoisotopic (exact) mass is 363 g/mol. The average molecular weight is 364 g/mol. The molecule has 1 nitrogen and oxygen atoms in total. The van der Waals surface area contributed by atoms with E-state index in [1.54, 1.807) is 0 Å². The van der Waals surface area contributed by atoms with Crippen molar-refractivity contribution in [2.75, 3.05) is 6.61 Å². The van der Waals surface area contributed by atoms with Crippen LogP contribution in [0.4, 0.5) is 0 Å². The molecule has 107 valence electrons. The van der Waals surface area contributed by atoms with Gasteiger partial charge in [-0.25, -0.2) is 0 Å². The Labute approximate surface area is 149 Å². The van der Waals surface area contributed by atoms with Crippen LogP contribution in [0.1, 0.15) is 26.2 Å². The van der Waals surface area contributed by atoms with Gasteiger partial charge in [0.05, 0.1) is 0 Å². The summed E-state index contributed by atoms with van der Waals surface area (Å²) in [5.41, 5.74) is 0. The van der Waals surface area contributed by atoms with E-state index >= 15 is 0 Å². The Morgan fingerprint density at radius 1 is 1.25 bits per heavy atom. The summed E-state index contributed by atoms with van der Waals surface area (Å²) < 4.78 is 7.30. The number of halogens is 2. The van der Waals surface area contributed by atoms with Crippen LogP contribution in [0, 0.1) is 0 Å². The molecule has 1 aliphatic rings. The van der Waals surface area contributed by atoms with Crippen molar-refractivity contribution in [2.24, 2.45) is 0 Å². The topological polar surface area (TPSA) is 9.23 Å². The Bertz CT molecular complexity index is 475. The molecule has 0 unspecified atom stereocenters. The van der Waals surface area contributed by atoms with Crippen LogP contribution >= 0.6 is 11.8 Å². The minimum atomic E-state index is 0. The molecule has 0 fully saturated rings. The number of unbranched alkanes of at least 4 members (excludes halogenated alkanes) is 1. The van der Waals surface area contributed by atoms with Crippen molar-refractivity contribution >= 4 is 11.8 Å². The van der Waals surface area contributed by atoms with Gasteiger partial charge in [-0.1, -0.05) is 0 Å². The Morgan fingerprint density at radius 2 is 2.00 bits per heavy atom. The van der Waals surface area contributed by atoms with E-state index in [1.165, 1.54) is 20.1 Å². The Kier molecular flexibility index (Phi) is 10.9. The number of hydrogen-bond donors (Lipinski definition) is 0. The van der Waals surface area contributed by atoms with Gasteiger partial charge in [-0.15, -0.1) is 0 Å². The first kappa shape index (κ1) is 20.1. The Morgan fingerprint density at radius 3 is 2.65 bits per heavy atom. The van der Waals surface area contributed by atoms with Crippen molar-refractivity contribution in [1.82, 2.24) is 0 Å². The molecule has 0 amide bonds. The second-order valence-electron chi connectivity index (χ2n) is 4.20. The molecule has 0 aromatic heterocycles. The van der Waals surface area contributed by atoms with E-state index < -0.39 is 0 Å². The predicted octanol–water partition coefficient (Wildman–Crippen LogP) is -1.32. The SMILES string of the molecule is CCCCOc1ccccc1SC1=[C]([Ti+2])CC=C1.[Cl-].[Cl-]. The van der Waals surface area contributed by atoms with Crippen LogP contribution in [0.5, 0.6) is 5.75 Å². The molecule has 1 aromatic rings. The number of thioether (sulfide) groups is 1. The van der Waals surface area contributed by atoms with Crippen molar-refractivity contribution in [3.8, 4) is 5.75 Å². The maximum Gasteiger partial charge on any atom is -1.00 e. The zero-order valence-electron chi connectivity index (χ0n) is 11.4. The summed E-state index contributed by atoms with van der Waals surface area (Å²) in [6.07, 6.45) is 7.80. The average Bonchev–Trinajstić information content (AvgIpc) is 2.78. The van der Waals surface area contributed by atoms with Crippen LogP contribution < -0.4 is 29.6 Å². The molecular weight excluding hydrogens is 347 g/mol. The van der Waals surface area contributed by atoms with Crippen LogP contribution in [-0.2, 0) is 20.4 Å². The maximum absolute atomic E-state index is 5.86. The third-order valence-electron chi connectivity index (χ3n) is 2.71. The Hall–Kier alpha value is 0.144. The zero-order chi connectivity index (χ0) is 12.8. The van der Waals surface area contributed by atoms with Gasteiger partial charge >= 0.3 is 126 Å². The van der Waals surface area contributed by atoms with E-state index in [9.17, 15) is 0 Å². The number of hydrogen-bond acceptors (Lipinski definition) is 2. The van der Waals surface area contributed by atoms with E-state index in [-0.39, 0.29) is 24.8 Å². The fourth-order valence-corrected chi connectivity index (χ4v) is 3.21. The van der Waals surface area contributed by atoms with Crippen LogP contribution in [0.15, 0.2) is 50.1 Å². The molecule has 0 heterocycles. The van der Waals surface area contributed by atoms with Gasteiger partial charge in [-0.2, -0.15) is 0 Å². The van der Waals surface area contributed by atoms with Crippen LogP contribution in [0.25, 0.3) is 0 Å². The number of rotatable bonds is 6. The van der Waals surface area contributed by atoms with E-state index in [0.717, 1.165) is 25.2 Å². The van der Waals surface area contributed by atoms with E-state index in [1.807, 2.05) is 17.8 Å². The van der Waals surface area contributed by atoms with Crippen molar-refractivity contribution in [1.29, 1.82) is 0 Å². The minimum Gasteiger partial charge on any atom is -1.00 e. The summed E-state index contributed by atoms with van der Waals surface area (Å²) in [6.45, 7) is 2.99. The largest absolute Gasteiger partial charge is 1.00 e. The number of benzene rings is 1. The van der Waals surface area contributed by atoms with E-state index in [2.05, 4.69) is 57.7 Å². The summed E-state index contributed by atoms with van der Waals surface area (Å²) in [4.78, 5) is 2.58. The molecule has 0 saturated carbocycles. The number of ether oxygens (including phenoxy) is 1. The molecule has 0 atom stereocenters. The molecule has 1 aromatic carbocycles. The summed E-state index contributed by atoms with van der Waals surface area (Å²) in [5.74, 6) is 1.01. The van der Waals surface area contributed by atoms with Gasteiger partial charge in [0, 0.05) is 0 Å².